The summed E-state index contributed by atoms with van der Waals surface area (Å²) in [6.07, 6.45) is 0.855. The summed E-state index contributed by atoms with van der Waals surface area (Å²) in [7, 11) is 0. The molecule has 3 unspecified atom stereocenters. The first-order valence-corrected chi connectivity index (χ1v) is 9.10. The van der Waals surface area contributed by atoms with Crippen molar-refractivity contribution in [2.75, 3.05) is 13.1 Å². The van der Waals surface area contributed by atoms with Crippen LogP contribution in [0.3, 0.4) is 0 Å². The van der Waals surface area contributed by atoms with E-state index in [4.69, 9.17) is 5.73 Å². The standard InChI is InChI=1S/C19H28N4O5/c1-3-12(2)17(20)18(26)22-10-15(24)21-11-16(25)23-14(19(27)28)9-13-7-5-4-6-8-13/h4-8,12,14,17H,3,9-11,20H2,1-2H3,(H,21,24)(H,22,26)(H,23,25)(H,27,28). The zero-order chi connectivity index (χ0) is 21.1. The van der Waals surface area contributed by atoms with Crippen LogP contribution in [-0.2, 0) is 25.6 Å². The van der Waals surface area contributed by atoms with Crippen molar-refractivity contribution in [2.45, 2.75) is 38.8 Å². The van der Waals surface area contributed by atoms with Crippen LogP contribution in [0.2, 0.25) is 0 Å². The molecular formula is C19H28N4O5. The van der Waals surface area contributed by atoms with E-state index in [9.17, 15) is 24.3 Å². The highest BCUT2D eigenvalue weighted by molar-refractivity contribution is 5.90. The van der Waals surface area contributed by atoms with Crippen molar-refractivity contribution < 1.29 is 24.3 Å². The molecule has 1 aromatic rings. The Labute approximate surface area is 164 Å². The molecule has 0 fully saturated rings. The zero-order valence-corrected chi connectivity index (χ0v) is 16.1. The highest BCUT2D eigenvalue weighted by Gasteiger charge is 2.21. The third kappa shape index (κ3) is 8.17. The van der Waals surface area contributed by atoms with Crippen molar-refractivity contribution in [3.8, 4) is 0 Å². The first-order valence-electron chi connectivity index (χ1n) is 9.10. The number of nitrogens with two attached hydrogens (primary N) is 1. The molecule has 6 N–H and O–H groups in total. The van der Waals surface area contributed by atoms with Crippen molar-refractivity contribution in [2.24, 2.45) is 11.7 Å². The molecule has 0 radical (unpaired) electrons. The van der Waals surface area contributed by atoms with E-state index in [0.29, 0.717) is 0 Å². The third-order valence-electron chi connectivity index (χ3n) is 4.35. The Balaban J connectivity index is 2.40. The molecule has 28 heavy (non-hydrogen) atoms. The predicted molar refractivity (Wildman–Crippen MR) is 103 cm³/mol. The Hall–Kier alpha value is -2.94. The number of hydrogen-bond donors (Lipinski definition) is 5. The molecule has 0 saturated heterocycles. The van der Waals surface area contributed by atoms with E-state index in [1.54, 1.807) is 24.3 Å². The molecule has 0 saturated carbocycles. The Morgan fingerprint density at radius 3 is 2.21 bits per heavy atom. The SMILES string of the molecule is CCC(C)C(N)C(=O)NCC(=O)NCC(=O)NC(Cc1ccccc1)C(=O)O. The van der Waals surface area contributed by atoms with Gasteiger partial charge in [-0.15, -0.1) is 0 Å². The number of carboxylic acids is 1. The molecule has 1 rings (SSSR count). The lowest BCUT2D eigenvalue weighted by Crippen LogP contribution is -2.50. The highest BCUT2D eigenvalue weighted by atomic mass is 16.4. The second-order valence-electron chi connectivity index (χ2n) is 6.55. The predicted octanol–water partition coefficient (Wildman–Crippen LogP) is -0.596. The molecular weight excluding hydrogens is 364 g/mol. The number of aliphatic carboxylic acids is 1. The van der Waals surface area contributed by atoms with Crippen molar-refractivity contribution >= 4 is 23.7 Å². The largest absolute Gasteiger partial charge is 0.480 e. The minimum atomic E-state index is -1.17. The fraction of sp³-hybridized carbons (Fsp3) is 0.474. The lowest BCUT2D eigenvalue weighted by molar-refractivity contribution is -0.141. The van der Waals surface area contributed by atoms with Gasteiger partial charge in [0.2, 0.25) is 17.7 Å². The second kappa shape index (κ2) is 11.7. The zero-order valence-electron chi connectivity index (χ0n) is 16.1. The molecule has 9 heteroatoms. The van der Waals surface area contributed by atoms with Crippen LogP contribution in [0.15, 0.2) is 30.3 Å². The van der Waals surface area contributed by atoms with Crippen LogP contribution in [0.25, 0.3) is 0 Å². The minimum Gasteiger partial charge on any atom is -0.480 e. The maximum Gasteiger partial charge on any atom is 0.326 e. The van der Waals surface area contributed by atoms with Crippen LogP contribution in [0.1, 0.15) is 25.8 Å². The van der Waals surface area contributed by atoms with E-state index in [1.807, 2.05) is 19.9 Å². The van der Waals surface area contributed by atoms with Crippen LogP contribution in [0.4, 0.5) is 0 Å². The van der Waals surface area contributed by atoms with Crippen LogP contribution in [-0.4, -0.2) is 54.0 Å². The quantitative estimate of drug-likeness (QED) is 0.339. The molecule has 0 heterocycles. The lowest BCUT2D eigenvalue weighted by Gasteiger charge is -2.17. The lowest BCUT2D eigenvalue weighted by atomic mass is 9.99. The van der Waals surface area contributed by atoms with E-state index in [1.165, 1.54) is 0 Å². The van der Waals surface area contributed by atoms with Crippen LogP contribution in [0, 0.1) is 5.92 Å². The first-order chi connectivity index (χ1) is 13.2. The molecule has 0 spiro atoms. The molecule has 0 bridgehead atoms. The number of carboxylic acid groups (broad SMARTS) is 1. The molecule has 0 aliphatic heterocycles. The number of rotatable bonds is 11. The summed E-state index contributed by atoms with van der Waals surface area (Å²) in [5, 5.41) is 16.4. The van der Waals surface area contributed by atoms with E-state index in [-0.39, 0.29) is 18.9 Å². The monoisotopic (exact) mass is 392 g/mol. The normalized spacial score (nSPS) is 13.7. The van der Waals surface area contributed by atoms with Crippen molar-refractivity contribution in [3.63, 3.8) is 0 Å². The number of amides is 3. The van der Waals surface area contributed by atoms with Gasteiger partial charge in [-0.1, -0.05) is 50.6 Å². The summed E-state index contributed by atoms with van der Waals surface area (Å²) in [6.45, 7) is 3.03. The molecule has 3 atom stereocenters. The van der Waals surface area contributed by atoms with Gasteiger partial charge in [0, 0.05) is 6.42 Å². The van der Waals surface area contributed by atoms with Gasteiger partial charge in [0.15, 0.2) is 0 Å². The average molecular weight is 392 g/mol. The third-order valence-corrected chi connectivity index (χ3v) is 4.35. The summed E-state index contributed by atoms with van der Waals surface area (Å²) < 4.78 is 0. The molecule has 0 aromatic heterocycles. The molecule has 154 valence electrons. The van der Waals surface area contributed by atoms with Gasteiger partial charge in [-0.3, -0.25) is 14.4 Å². The summed E-state index contributed by atoms with van der Waals surface area (Å²) >= 11 is 0. The number of carbonyl (C=O) groups excluding carboxylic acids is 3. The fourth-order valence-electron chi connectivity index (χ4n) is 2.33. The van der Waals surface area contributed by atoms with Gasteiger partial charge in [-0.2, -0.15) is 0 Å². The topological polar surface area (TPSA) is 151 Å². The second-order valence-corrected chi connectivity index (χ2v) is 6.55. The maximum atomic E-state index is 11.9. The van der Waals surface area contributed by atoms with Crippen molar-refractivity contribution in [1.82, 2.24) is 16.0 Å². The minimum absolute atomic E-state index is 0.0218. The van der Waals surface area contributed by atoms with Crippen LogP contribution in [0.5, 0.6) is 0 Å². The number of nitrogens with one attached hydrogen (secondary N) is 3. The molecule has 0 aliphatic carbocycles. The summed E-state index contributed by atoms with van der Waals surface area (Å²) in [5.74, 6) is -2.85. The fourth-order valence-corrected chi connectivity index (χ4v) is 2.33. The van der Waals surface area contributed by atoms with Gasteiger partial charge in [0.05, 0.1) is 19.1 Å². The highest BCUT2D eigenvalue weighted by Crippen LogP contribution is 2.05. The van der Waals surface area contributed by atoms with E-state index in [2.05, 4.69) is 16.0 Å². The van der Waals surface area contributed by atoms with Crippen LogP contribution >= 0.6 is 0 Å². The number of hydrogen-bond acceptors (Lipinski definition) is 5. The van der Waals surface area contributed by atoms with Gasteiger partial charge in [0.25, 0.3) is 0 Å². The number of benzene rings is 1. The first kappa shape index (κ1) is 23.1. The Kier molecular flexibility index (Phi) is 9.66. The molecule has 9 nitrogen and oxygen atoms in total. The van der Waals surface area contributed by atoms with Gasteiger partial charge in [-0.25, -0.2) is 4.79 Å². The van der Waals surface area contributed by atoms with Gasteiger partial charge in [0.1, 0.15) is 6.04 Å². The molecule has 0 aliphatic rings. The van der Waals surface area contributed by atoms with E-state index < -0.39 is 42.3 Å². The van der Waals surface area contributed by atoms with Crippen molar-refractivity contribution in [1.29, 1.82) is 0 Å². The average Bonchev–Trinajstić information content (AvgIpc) is 2.69. The molecule has 1 aromatic carbocycles. The van der Waals surface area contributed by atoms with Crippen LogP contribution < -0.4 is 21.7 Å². The van der Waals surface area contributed by atoms with Gasteiger partial charge >= 0.3 is 5.97 Å². The summed E-state index contributed by atoms with van der Waals surface area (Å²) in [5.41, 5.74) is 6.53. The maximum absolute atomic E-state index is 11.9. The van der Waals surface area contributed by atoms with Gasteiger partial charge in [-0.05, 0) is 11.5 Å². The van der Waals surface area contributed by atoms with E-state index in [0.717, 1.165) is 12.0 Å². The van der Waals surface area contributed by atoms with Gasteiger partial charge < -0.3 is 26.8 Å². The Bertz CT molecular complexity index is 680. The summed E-state index contributed by atoms with van der Waals surface area (Å²) in [4.78, 5) is 46.8. The Morgan fingerprint density at radius 1 is 1.04 bits per heavy atom. The number of carbonyl (C=O) groups is 4. The smallest absolute Gasteiger partial charge is 0.326 e. The van der Waals surface area contributed by atoms with Crippen molar-refractivity contribution in [3.05, 3.63) is 35.9 Å². The van der Waals surface area contributed by atoms with E-state index >= 15 is 0 Å². The Morgan fingerprint density at radius 2 is 1.64 bits per heavy atom. The summed E-state index contributed by atoms with van der Waals surface area (Å²) in [6, 6.07) is 7.06. The molecule has 3 amide bonds.